The molecule has 2 heterocycles. The first-order valence-corrected chi connectivity index (χ1v) is 10.2. The molecule has 6 heteroatoms. The van der Waals surface area contributed by atoms with Gasteiger partial charge in [-0.3, -0.25) is 9.69 Å². The average Bonchev–Trinajstić information content (AvgIpc) is 2.69. The van der Waals surface area contributed by atoms with Gasteiger partial charge in [0.2, 0.25) is 0 Å². The van der Waals surface area contributed by atoms with E-state index in [1.54, 1.807) is 24.1 Å². The molecule has 2 aliphatic heterocycles. The Labute approximate surface area is 164 Å². The first-order chi connectivity index (χ1) is 13.2. The van der Waals surface area contributed by atoms with Crippen molar-refractivity contribution < 1.29 is 9.18 Å². The zero-order valence-electron chi connectivity index (χ0n) is 15.3. The Morgan fingerprint density at radius 1 is 0.963 bits per heavy atom. The van der Waals surface area contributed by atoms with Crippen LogP contribution >= 0.6 is 11.9 Å². The van der Waals surface area contributed by atoms with Crippen molar-refractivity contribution in [1.29, 1.82) is 0 Å². The van der Waals surface area contributed by atoms with Crippen molar-refractivity contribution in [3.8, 4) is 0 Å². The largest absolute Gasteiger partial charge is 0.369 e. The fourth-order valence-electron chi connectivity index (χ4n) is 3.69. The summed E-state index contributed by atoms with van der Waals surface area (Å²) in [6.07, 6.45) is 1.04. The number of hydrogen-bond donors (Lipinski definition) is 0. The molecule has 2 aromatic rings. The topological polar surface area (TPSA) is 26.8 Å². The van der Waals surface area contributed by atoms with Crippen LogP contribution in [0.4, 0.5) is 10.1 Å². The second kappa shape index (κ2) is 8.42. The van der Waals surface area contributed by atoms with Crippen LogP contribution in [-0.2, 0) is 0 Å². The summed E-state index contributed by atoms with van der Waals surface area (Å²) in [6.45, 7) is 6.27. The Kier molecular flexibility index (Phi) is 5.76. The fourth-order valence-corrected chi connectivity index (χ4v) is 4.79. The third-order valence-corrected chi connectivity index (χ3v) is 6.28. The summed E-state index contributed by atoms with van der Waals surface area (Å²) in [5.41, 5.74) is 1.82. The standard InChI is InChI=1S/C21H24FN3OS/c22-17-5-3-6-18(15-17)24-13-11-23(12-14-24)9-4-10-25-16-20(26)19-7-1-2-8-21(19)27-25/h1-3,5-8,15H,4,9-14,16H2. The van der Waals surface area contributed by atoms with E-state index in [4.69, 9.17) is 0 Å². The average molecular weight is 386 g/mol. The van der Waals surface area contributed by atoms with Crippen molar-refractivity contribution in [2.45, 2.75) is 11.3 Å². The van der Waals surface area contributed by atoms with Crippen molar-refractivity contribution in [2.75, 3.05) is 50.7 Å². The molecule has 0 unspecified atom stereocenters. The summed E-state index contributed by atoms with van der Waals surface area (Å²) in [5.74, 6) is 0.0399. The van der Waals surface area contributed by atoms with Crippen molar-refractivity contribution >= 4 is 23.4 Å². The molecule has 0 aromatic heterocycles. The van der Waals surface area contributed by atoms with Gasteiger partial charge in [0.25, 0.3) is 0 Å². The van der Waals surface area contributed by atoms with Gasteiger partial charge in [-0.2, -0.15) is 0 Å². The number of fused-ring (bicyclic) bond motifs is 1. The van der Waals surface area contributed by atoms with Crippen LogP contribution in [0, 0.1) is 5.82 Å². The molecule has 1 saturated heterocycles. The molecule has 0 N–H and O–H groups in total. The Morgan fingerprint density at radius 2 is 1.78 bits per heavy atom. The van der Waals surface area contributed by atoms with Crippen LogP contribution < -0.4 is 4.90 Å². The van der Waals surface area contributed by atoms with Crippen LogP contribution in [0.15, 0.2) is 53.4 Å². The summed E-state index contributed by atoms with van der Waals surface area (Å²) >= 11 is 1.70. The van der Waals surface area contributed by atoms with Gasteiger partial charge in [0.15, 0.2) is 5.78 Å². The lowest BCUT2D eigenvalue weighted by Crippen LogP contribution is -2.47. The van der Waals surface area contributed by atoms with E-state index in [2.05, 4.69) is 14.1 Å². The summed E-state index contributed by atoms with van der Waals surface area (Å²) < 4.78 is 15.6. The van der Waals surface area contributed by atoms with Gasteiger partial charge in [0.1, 0.15) is 5.82 Å². The van der Waals surface area contributed by atoms with Crippen LogP contribution in [0.5, 0.6) is 0 Å². The van der Waals surface area contributed by atoms with Crippen molar-refractivity contribution in [2.24, 2.45) is 0 Å². The molecular weight excluding hydrogens is 361 g/mol. The monoisotopic (exact) mass is 385 g/mol. The zero-order valence-corrected chi connectivity index (χ0v) is 16.1. The number of anilines is 1. The molecule has 0 saturated carbocycles. The number of nitrogens with zero attached hydrogens (tertiary/aromatic N) is 3. The lowest BCUT2D eigenvalue weighted by atomic mass is 10.1. The number of hydrogen-bond acceptors (Lipinski definition) is 5. The first-order valence-electron chi connectivity index (χ1n) is 9.47. The minimum atomic E-state index is -0.176. The van der Waals surface area contributed by atoms with Gasteiger partial charge in [0, 0.05) is 48.9 Å². The van der Waals surface area contributed by atoms with Crippen LogP contribution in [0.1, 0.15) is 16.8 Å². The van der Waals surface area contributed by atoms with Gasteiger partial charge in [-0.25, -0.2) is 8.70 Å². The van der Waals surface area contributed by atoms with E-state index < -0.39 is 0 Å². The van der Waals surface area contributed by atoms with E-state index in [1.807, 2.05) is 30.3 Å². The molecule has 0 amide bonds. The molecule has 142 valence electrons. The molecule has 0 radical (unpaired) electrons. The number of benzene rings is 2. The molecule has 1 fully saturated rings. The van der Waals surface area contributed by atoms with Gasteiger partial charge in [-0.15, -0.1) is 0 Å². The predicted molar refractivity (Wildman–Crippen MR) is 108 cm³/mol. The molecule has 2 aliphatic rings. The van der Waals surface area contributed by atoms with Gasteiger partial charge in [-0.05, 0) is 49.2 Å². The van der Waals surface area contributed by atoms with E-state index in [0.717, 1.165) is 61.8 Å². The Hall–Kier alpha value is -1.89. The van der Waals surface area contributed by atoms with E-state index in [0.29, 0.717) is 6.54 Å². The summed E-state index contributed by atoms with van der Waals surface area (Å²) in [5, 5.41) is 0. The third-order valence-electron chi connectivity index (χ3n) is 5.16. The highest BCUT2D eigenvalue weighted by Gasteiger charge is 2.24. The summed E-state index contributed by atoms with van der Waals surface area (Å²) in [4.78, 5) is 18.0. The summed E-state index contributed by atoms with van der Waals surface area (Å²) in [7, 11) is 0. The Balaban J connectivity index is 1.22. The van der Waals surface area contributed by atoms with E-state index in [9.17, 15) is 9.18 Å². The molecular formula is C21H24FN3OS. The number of Topliss-reactive ketones (excluding diaryl/α,β-unsaturated/α-hetero) is 1. The maximum Gasteiger partial charge on any atom is 0.178 e. The normalized spacial score (nSPS) is 18.6. The van der Waals surface area contributed by atoms with Gasteiger partial charge < -0.3 is 4.90 Å². The molecule has 2 aromatic carbocycles. The molecule has 0 bridgehead atoms. The number of ketones is 1. The number of piperazine rings is 1. The van der Waals surface area contributed by atoms with Crippen LogP contribution in [0.3, 0.4) is 0 Å². The lowest BCUT2D eigenvalue weighted by molar-refractivity contribution is 0.0961. The van der Waals surface area contributed by atoms with Crippen molar-refractivity contribution in [3.63, 3.8) is 0 Å². The minimum absolute atomic E-state index is 0.176. The molecule has 4 nitrogen and oxygen atoms in total. The van der Waals surface area contributed by atoms with Gasteiger partial charge in [0.05, 0.1) is 6.54 Å². The van der Waals surface area contributed by atoms with Crippen LogP contribution in [0.2, 0.25) is 0 Å². The van der Waals surface area contributed by atoms with E-state index >= 15 is 0 Å². The molecule has 27 heavy (non-hydrogen) atoms. The highest BCUT2D eigenvalue weighted by molar-refractivity contribution is 7.97. The number of carbonyl (C=O) groups is 1. The van der Waals surface area contributed by atoms with Crippen LogP contribution in [0.25, 0.3) is 0 Å². The lowest BCUT2D eigenvalue weighted by Gasteiger charge is -2.36. The number of halogens is 1. The quantitative estimate of drug-likeness (QED) is 0.734. The van der Waals surface area contributed by atoms with Gasteiger partial charge >= 0.3 is 0 Å². The predicted octanol–water partition coefficient (Wildman–Crippen LogP) is 3.54. The zero-order chi connectivity index (χ0) is 18.6. The highest BCUT2D eigenvalue weighted by Crippen LogP contribution is 2.31. The molecule has 0 atom stereocenters. The number of rotatable bonds is 5. The molecule has 4 rings (SSSR count). The first kappa shape index (κ1) is 18.5. The van der Waals surface area contributed by atoms with Crippen LogP contribution in [-0.4, -0.2) is 60.8 Å². The van der Waals surface area contributed by atoms with Crippen molar-refractivity contribution in [3.05, 3.63) is 59.9 Å². The van der Waals surface area contributed by atoms with Gasteiger partial charge in [-0.1, -0.05) is 24.3 Å². The maximum absolute atomic E-state index is 13.4. The van der Waals surface area contributed by atoms with E-state index in [1.165, 1.54) is 6.07 Å². The van der Waals surface area contributed by atoms with E-state index in [-0.39, 0.29) is 11.6 Å². The second-order valence-corrected chi connectivity index (χ2v) is 8.18. The minimum Gasteiger partial charge on any atom is -0.369 e. The third kappa shape index (κ3) is 4.51. The molecule has 0 spiro atoms. The highest BCUT2D eigenvalue weighted by atomic mass is 32.2. The number of carbonyl (C=O) groups excluding carboxylic acids is 1. The fraction of sp³-hybridized carbons (Fsp3) is 0.381. The Morgan fingerprint density at radius 3 is 2.59 bits per heavy atom. The Bertz CT molecular complexity index is 808. The smallest absolute Gasteiger partial charge is 0.178 e. The second-order valence-electron chi connectivity index (χ2n) is 7.04. The maximum atomic E-state index is 13.4. The van der Waals surface area contributed by atoms with Crippen molar-refractivity contribution in [1.82, 2.24) is 9.21 Å². The molecule has 0 aliphatic carbocycles. The summed E-state index contributed by atoms with van der Waals surface area (Å²) in [6, 6.07) is 14.7. The SMILES string of the molecule is O=C1CN(CCCN2CCN(c3cccc(F)c3)CC2)Sc2ccccc21.